The zero-order valence-electron chi connectivity index (χ0n) is 16.8. The Hall–Kier alpha value is -3.46. The minimum atomic E-state index is -0.809. The van der Waals surface area contributed by atoms with Crippen LogP contribution in [-0.2, 0) is 19.1 Å². The first-order chi connectivity index (χ1) is 14.8. The Morgan fingerprint density at radius 1 is 1.13 bits per heavy atom. The number of hydrogen-bond donors (Lipinski definition) is 1. The van der Waals surface area contributed by atoms with Crippen molar-refractivity contribution in [2.45, 2.75) is 13.8 Å². The van der Waals surface area contributed by atoms with E-state index in [0.717, 1.165) is 14.9 Å². The molecule has 1 aliphatic rings. The van der Waals surface area contributed by atoms with E-state index in [4.69, 9.17) is 9.47 Å². The molecule has 0 aliphatic carbocycles. The molecule has 0 unspecified atom stereocenters. The lowest BCUT2D eigenvalue weighted by Gasteiger charge is -2.26. The van der Waals surface area contributed by atoms with Gasteiger partial charge in [-0.2, -0.15) is 0 Å². The van der Waals surface area contributed by atoms with Crippen molar-refractivity contribution < 1.29 is 28.7 Å². The number of amides is 4. The van der Waals surface area contributed by atoms with Gasteiger partial charge in [-0.3, -0.25) is 14.9 Å². The third-order valence-electron chi connectivity index (χ3n) is 4.35. The molecule has 0 saturated carbocycles. The van der Waals surface area contributed by atoms with Gasteiger partial charge in [0.15, 0.2) is 6.61 Å². The predicted molar refractivity (Wildman–Crippen MR) is 116 cm³/mol. The molecular formula is C22H19BrN2O6. The molecule has 4 amide bonds. The number of nitrogens with one attached hydrogen (secondary N) is 1. The predicted octanol–water partition coefficient (Wildman–Crippen LogP) is 3.37. The number of hydrogen-bond acceptors (Lipinski definition) is 6. The number of imide groups is 2. The lowest BCUT2D eigenvalue weighted by Crippen LogP contribution is -2.54. The van der Waals surface area contributed by atoms with E-state index in [1.54, 1.807) is 49.4 Å². The van der Waals surface area contributed by atoms with E-state index in [1.807, 2.05) is 6.92 Å². The van der Waals surface area contributed by atoms with Crippen LogP contribution >= 0.6 is 15.9 Å². The molecule has 0 spiro atoms. The number of nitrogens with zero attached hydrogens (tertiary/aromatic N) is 1. The largest absolute Gasteiger partial charge is 0.482 e. The molecule has 1 saturated heterocycles. The number of benzene rings is 2. The van der Waals surface area contributed by atoms with Gasteiger partial charge < -0.3 is 9.47 Å². The molecule has 1 fully saturated rings. The summed E-state index contributed by atoms with van der Waals surface area (Å²) < 4.78 is 10.9. The average molecular weight is 487 g/mol. The summed E-state index contributed by atoms with van der Waals surface area (Å²) in [5.41, 5.74) is 1.55. The maximum Gasteiger partial charge on any atom is 0.344 e. The van der Waals surface area contributed by atoms with Gasteiger partial charge in [0.2, 0.25) is 0 Å². The summed E-state index contributed by atoms with van der Waals surface area (Å²) in [4.78, 5) is 49.8. The Kier molecular flexibility index (Phi) is 6.86. The lowest BCUT2D eigenvalue weighted by molar-refractivity contribution is -0.145. The molecule has 160 valence electrons. The van der Waals surface area contributed by atoms with Gasteiger partial charge in [-0.25, -0.2) is 14.5 Å². The van der Waals surface area contributed by atoms with Crippen molar-refractivity contribution >= 4 is 51.5 Å². The zero-order chi connectivity index (χ0) is 22.5. The van der Waals surface area contributed by atoms with Gasteiger partial charge in [-0.15, -0.1) is 0 Å². The quantitative estimate of drug-likeness (QED) is 0.381. The summed E-state index contributed by atoms with van der Waals surface area (Å²) in [6, 6.07) is 10.6. The molecule has 0 bridgehead atoms. The van der Waals surface area contributed by atoms with Gasteiger partial charge in [0.1, 0.15) is 11.3 Å². The lowest BCUT2D eigenvalue weighted by atomic mass is 10.1. The number of halogens is 1. The van der Waals surface area contributed by atoms with E-state index in [-0.39, 0.29) is 18.8 Å². The van der Waals surface area contributed by atoms with Crippen molar-refractivity contribution in [1.29, 1.82) is 0 Å². The first kappa shape index (κ1) is 22.2. The van der Waals surface area contributed by atoms with Crippen LogP contribution in [0.2, 0.25) is 0 Å². The second kappa shape index (κ2) is 9.57. The molecule has 1 aliphatic heterocycles. The fourth-order valence-corrected chi connectivity index (χ4v) is 3.08. The Balaban J connectivity index is 1.81. The van der Waals surface area contributed by atoms with Crippen LogP contribution in [0.15, 0.2) is 52.5 Å². The monoisotopic (exact) mass is 486 g/mol. The molecule has 8 nitrogen and oxygen atoms in total. The van der Waals surface area contributed by atoms with Crippen molar-refractivity contribution in [3.05, 3.63) is 63.6 Å². The van der Waals surface area contributed by atoms with Crippen molar-refractivity contribution in [2.75, 3.05) is 18.1 Å². The minimum absolute atomic E-state index is 0.180. The van der Waals surface area contributed by atoms with E-state index in [2.05, 4.69) is 21.2 Å². The molecule has 2 aromatic rings. The maximum absolute atomic E-state index is 12.9. The van der Waals surface area contributed by atoms with Crippen LogP contribution in [0.1, 0.15) is 18.1 Å². The third-order valence-corrected chi connectivity index (χ3v) is 5.24. The Morgan fingerprint density at radius 2 is 1.84 bits per heavy atom. The number of rotatable bonds is 6. The molecule has 9 heteroatoms. The van der Waals surface area contributed by atoms with Crippen molar-refractivity contribution in [2.24, 2.45) is 0 Å². The standard InChI is InChI=1S/C22H19BrN2O6/c1-3-30-19(26)12-31-16-7-4-14(5-8-16)11-17-20(27)24-22(29)25(21(17)28)15-6-9-18(23)13(2)10-15/h4-11H,3,12H2,1-2H3,(H,24,27,29). The van der Waals surface area contributed by atoms with E-state index in [0.29, 0.717) is 17.0 Å². The normalized spacial score (nSPS) is 15.1. The van der Waals surface area contributed by atoms with Crippen LogP contribution in [0.4, 0.5) is 10.5 Å². The van der Waals surface area contributed by atoms with E-state index in [9.17, 15) is 19.2 Å². The highest BCUT2D eigenvalue weighted by Crippen LogP contribution is 2.26. The van der Waals surface area contributed by atoms with Crippen LogP contribution in [0, 0.1) is 6.92 Å². The van der Waals surface area contributed by atoms with Crippen molar-refractivity contribution in [3.8, 4) is 5.75 Å². The number of carbonyl (C=O) groups excluding carboxylic acids is 4. The number of ether oxygens (including phenoxy) is 2. The maximum atomic E-state index is 12.9. The van der Waals surface area contributed by atoms with Crippen molar-refractivity contribution in [1.82, 2.24) is 5.32 Å². The van der Waals surface area contributed by atoms with Gasteiger partial charge in [-0.1, -0.05) is 28.1 Å². The fourth-order valence-electron chi connectivity index (χ4n) is 2.83. The van der Waals surface area contributed by atoms with Crippen LogP contribution in [0.25, 0.3) is 6.08 Å². The Labute approximate surface area is 186 Å². The summed E-state index contributed by atoms with van der Waals surface area (Å²) in [6.07, 6.45) is 1.39. The number of aryl methyl sites for hydroxylation is 1. The SMILES string of the molecule is CCOC(=O)COc1ccc(C=C2C(=O)NC(=O)N(c3ccc(Br)c(C)c3)C2=O)cc1. The first-order valence-electron chi connectivity index (χ1n) is 9.36. The van der Waals surface area contributed by atoms with Gasteiger partial charge in [0.05, 0.1) is 12.3 Å². The van der Waals surface area contributed by atoms with Crippen molar-refractivity contribution in [3.63, 3.8) is 0 Å². The number of barbiturate groups is 1. The molecule has 0 radical (unpaired) electrons. The smallest absolute Gasteiger partial charge is 0.344 e. The zero-order valence-corrected chi connectivity index (χ0v) is 18.4. The summed E-state index contributed by atoms with van der Waals surface area (Å²) in [7, 11) is 0. The number of carbonyl (C=O) groups is 4. The summed E-state index contributed by atoms with van der Waals surface area (Å²) in [5.74, 6) is -1.55. The number of anilines is 1. The van der Waals surface area contributed by atoms with Gasteiger partial charge in [0, 0.05) is 4.47 Å². The number of urea groups is 1. The molecule has 2 aromatic carbocycles. The molecule has 1 N–H and O–H groups in total. The Morgan fingerprint density at radius 3 is 2.48 bits per heavy atom. The molecular weight excluding hydrogens is 468 g/mol. The van der Waals surface area contributed by atoms with E-state index in [1.165, 1.54) is 6.08 Å². The third kappa shape index (κ3) is 5.18. The van der Waals surface area contributed by atoms with Gasteiger partial charge in [-0.05, 0) is 61.4 Å². The summed E-state index contributed by atoms with van der Waals surface area (Å²) >= 11 is 3.38. The molecule has 0 aromatic heterocycles. The summed E-state index contributed by atoms with van der Waals surface area (Å²) in [5, 5.41) is 2.19. The van der Waals surface area contributed by atoms with Gasteiger partial charge in [0.25, 0.3) is 11.8 Å². The fraction of sp³-hybridized carbons (Fsp3) is 0.182. The molecule has 31 heavy (non-hydrogen) atoms. The topological polar surface area (TPSA) is 102 Å². The van der Waals surface area contributed by atoms with E-state index < -0.39 is 23.8 Å². The average Bonchev–Trinajstić information content (AvgIpc) is 2.73. The first-order valence-corrected chi connectivity index (χ1v) is 10.2. The summed E-state index contributed by atoms with van der Waals surface area (Å²) in [6.45, 7) is 3.58. The molecule has 1 heterocycles. The highest BCUT2D eigenvalue weighted by atomic mass is 79.9. The van der Waals surface area contributed by atoms with Crippen LogP contribution in [0.3, 0.4) is 0 Å². The molecule has 3 rings (SSSR count). The highest BCUT2D eigenvalue weighted by molar-refractivity contribution is 9.10. The van der Waals surface area contributed by atoms with Gasteiger partial charge >= 0.3 is 12.0 Å². The molecule has 0 atom stereocenters. The number of esters is 1. The van der Waals surface area contributed by atoms with Crippen LogP contribution in [0.5, 0.6) is 5.75 Å². The van der Waals surface area contributed by atoms with Crippen LogP contribution < -0.4 is 15.0 Å². The highest BCUT2D eigenvalue weighted by Gasteiger charge is 2.36. The second-order valence-corrected chi connectivity index (χ2v) is 7.41. The minimum Gasteiger partial charge on any atom is -0.482 e. The second-order valence-electron chi connectivity index (χ2n) is 6.55. The Bertz CT molecular complexity index is 1080. The van der Waals surface area contributed by atoms with Crippen LogP contribution in [-0.4, -0.2) is 37.0 Å². The van der Waals surface area contributed by atoms with E-state index >= 15 is 0 Å².